The number of esters is 1. The minimum atomic E-state index is -0.482. The number of ether oxygens (including phenoxy) is 2. The highest BCUT2D eigenvalue weighted by molar-refractivity contribution is 6.05. The van der Waals surface area contributed by atoms with Crippen molar-refractivity contribution in [1.82, 2.24) is 4.90 Å². The first-order valence-electron chi connectivity index (χ1n) is 13.2. The van der Waals surface area contributed by atoms with Crippen LogP contribution < -0.4 is 20.7 Å². The Kier molecular flexibility index (Phi) is 9.58. The molecular weight excluding hydrogens is 510 g/mol. The van der Waals surface area contributed by atoms with Crippen molar-refractivity contribution in [2.24, 2.45) is 10.9 Å². The fourth-order valence-corrected chi connectivity index (χ4v) is 4.45. The number of carbonyl (C=O) groups excluding carboxylic acids is 2. The van der Waals surface area contributed by atoms with E-state index in [0.29, 0.717) is 33.7 Å². The molecule has 10 heteroatoms. The first-order chi connectivity index (χ1) is 19.4. The third-order valence-electron chi connectivity index (χ3n) is 6.72. The maximum atomic E-state index is 13.2. The molecule has 1 heterocycles. The molecule has 0 aromatic heterocycles. The van der Waals surface area contributed by atoms with Crippen molar-refractivity contribution in [3.05, 3.63) is 89.0 Å². The topological polar surface area (TPSA) is 130 Å². The van der Waals surface area contributed by atoms with E-state index in [2.05, 4.69) is 27.3 Å². The van der Waals surface area contributed by atoms with E-state index in [1.54, 1.807) is 49.4 Å². The van der Waals surface area contributed by atoms with Crippen molar-refractivity contribution in [2.75, 3.05) is 50.1 Å². The molecule has 210 valence electrons. The summed E-state index contributed by atoms with van der Waals surface area (Å²) in [5.41, 5.74) is 9.17. The molecular formula is C30H35N5O5. The van der Waals surface area contributed by atoms with Crippen LogP contribution in [-0.4, -0.2) is 67.7 Å². The molecule has 1 fully saturated rings. The van der Waals surface area contributed by atoms with E-state index < -0.39 is 5.97 Å². The van der Waals surface area contributed by atoms with Gasteiger partial charge in [-0.05, 0) is 75.5 Å². The number of amides is 1. The van der Waals surface area contributed by atoms with Gasteiger partial charge in [0.25, 0.3) is 5.91 Å². The summed E-state index contributed by atoms with van der Waals surface area (Å²) in [6.45, 7) is 6.05. The fourth-order valence-electron chi connectivity index (χ4n) is 4.45. The van der Waals surface area contributed by atoms with Gasteiger partial charge in [-0.1, -0.05) is 23.4 Å². The number of nitrogens with one attached hydrogen (secondary N) is 1. The van der Waals surface area contributed by atoms with Crippen LogP contribution in [0.4, 0.5) is 11.4 Å². The zero-order valence-electron chi connectivity index (χ0n) is 22.8. The number of carbonyl (C=O) groups is 2. The van der Waals surface area contributed by atoms with Crippen LogP contribution in [0.1, 0.15) is 45.2 Å². The van der Waals surface area contributed by atoms with Gasteiger partial charge in [-0.25, -0.2) is 4.79 Å². The number of likely N-dealkylation sites (N-methyl/N-ethyl adjacent to an activating group) is 1. The van der Waals surface area contributed by atoms with Gasteiger partial charge in [0.05, 0.1) is 12.2 Å². The normalized spacial score (nSPS) is 14.3. The van der Waals surface area contributed by atoms with Crippen molar-refractivity contribution < 1.29 is 24.3 Å². The van der Waals surface area contributed by atoms with E-state index in [1.165, 1.54) is 0 Å². The molecule has 1 aliphatic heterocycles. The molecule has 3 aromatic carbocycles. The largest absolute Gasteiger partial charge is 0.489 e. The van der Waals surface area contributed by atoms with Crippen molar-refractivity contribution in [2.45, 2.75) is 20.0 Å². The first kappa shape index (κ1) is 28.4. The summed E-state index contributed by atoms with van der Waals surface area (Å²) < 4.78 is 11.1. The number of nitrogens with zero attached hydrogens (tertiary/aromatic N) is 3. The highest BCUT2D eigenvalue weighted by Gasteiger charge is 2.16. The van der Waals surface area contributed by atoms with E-state index in [4.69, 9.17) is 20.4 Å². The molecule has 0 aliphatic carbocycles. The van der Waals surface area contributed by atoms with E-state index in [0.717, 1.165) is 38.3 Å². The molecule has 0 unspecified atom stereocenters. The molecule has 1 saturated heterocycles. The van der Waals surface area contributed by atoms with Gasteiger partial charge in [0.1, 0.15) is 12.4 Å². The Morgan fingerprint density at radius 2 is 1.75 bits per heavy atom. The van der Waals surface area contributed by atoms with Crippen LogP contribution in [0.5, 0.6) is 5.75 Å². The lowest BCUT2D eigenvalue weighted by Crippen LogP contribution is -2.28. The molecule has 0 atom stereocenters. The number of hydrogen-bond donors (Lipinski definition) is 3. The Hall–Kier alpha value is -4.57. The van der Waals surface area contributed by atoms with E-state index in [1.807, 2.05) is 24.3 Å². The lowest BCUT2D eigenvalue weighted by molar-refractivity contribution is 0.0526. The maximum absolute atomic E-state index is 13.2. The second-order valence-corrected chi connectivity index (χ2v) is 9.54. The van der Waals surface area contributed by atoms with Crippen LogP contribution in [0.2, 0.25) is 0 Å². The number of hydrogen-bond acceptors (Lipinski definition) is 8. The number of amidine groups is 1. The van der Waals surface area contributed by atoms with Crippen LogP contribution in [0.25, 0.3) is 0 Å². The number of benzene rings is 3. The van der Waals surface area contributed by atoms with Gasteiger partial charge in [-0.2, -0.15) is 0 Å². The molecule has 40 heavy (non-hydrogen) atoms. The first-order valence-corrected chi connectivity index (χ1v) is 13.2. The molecule has 0 saturated carbocycles. The molecule has 0 bridgehead atoms. The van der Waals surface area contributed by atoms with Crippen LogP contribution in [0.3, 0.4) is 0 Å². The summed E-state index contributed by atoms with van der Waals surface area (Å²) >= 11 is 0. The third kappa shape index (κ3) is 7.29. The molecule has 1 amide bonds. The standard InChI is InChI=1S/C30H35N5O5/c1-3-39-30(37)23-8-9-24(20-40-26-7-4-6-22(18-26)28(31)33-38)27(19-23)32-29(36)21-10-12-25(13-11-21)35-15-5-14-34(2)16-17-35/h4,6-13,18-19,38H,3,5,14-17,20H2,1-2H3,(H2,31,33)(H,32,36). The predicted octanol–water partition coefficient (Wildman–Crippen LogP) is 3.93. The smallest absolute Gasteiger partial charge is 0.338 e. The van der Waals surface area contributed by atoms with E-state index >= 15 is 0 Å². The van der Waals surface area contributed by atoms with Crippen molar-refractivity contribution >= 4 is 29.1 Å². The number of oxime groups is 1. The van der Waals surface area contributed by atoms with Gasteiger partial charge >= 0.3 is 5.97 Å². The monoisotopic (exact) mass is 545 g/mol. The summed E-state index contributed by atoms with van der Waals surface area (Å²) in [6, 6.07) is 19.3. The maximum Gasteiger partial charge on any atom is 0.338 e. The van der Waals surface area contributed by atoms with Crippen molar-refractivity contribution in [3.8, 4) is 5.75 Å². The molecule has 1 aliphatic rings. The minimum absolute atomic E-state index is 0.0358. The van der Waals surface area contributed by atoms with Crippen LogP contribution in [0.15, 0.2) is 71.9 Å². The summed E-state index contributed by atoms with van der Waals surface area (Å²) in [7, 11) is 2.13. The average Bonchev–Trinajstić information content (AvgIpc) is 3.20. The Balaban J connectivity index is 1.52. The van der Waals surface area contributed by atoms with Crippen molar-refractivity contribution in [1.29, 1.82) is 0 Å². The second kappa shape index (κ2) is 13.5. The fraction of sp³-hybridized carbons (Fsp3) is 0.300. The van der Waals surface area contributed by atoms with Gasteiger partial charge in [0.15, 0.2) is 5.84 Å². The number of anilines is 2. The van der Waals surface area contributed by atoms with Crippen LogP contribution in [0, 0.1) is 0 Å². The Bertz CT molecular complexity index is 1360. The second-order valence-electron chi connectivity index (χ2n) is 9.54. The summed E-state index contributed by atoms with van der Waals surface area (Å²) in [5.74, 6) is -0.333. The minimum Gasteiger partial charge on any atom is -0.489 e. The van der Waals surface area contributed by atoms with Crippen molar-refractivity contribution in [3.63, 3.8) is 0 Å². The van der Waals surface area contributed by atoms with Crippen LogP contribution in [-0.2, 0) is 11.3 Å². The zero-order valence-corrected chi connectivity index (χ0v) is 22.8. The highest BCUT2D eigenvalue weighted by atomic mass is 16.5. The van der Waals surface area contributed by atoms with Crippen LogP contribution >= 0.6 is 0 Å². The zero-order chi connectivity index (χ0) is 28.5. The molecule has 0 spiro atoms. The Morgan fingerprint density at radius 1 is 0.975 bits per heavy atom. The van der Waals surface area contributed by atoms with Gasteiger partial charge in [-0.15, -0.1) is 0 Å². The quantitative estimate of drug-likeness (QED) is 0.121. The molecule has 4 N–H and O–H groups in total. The van der Waals surface area contributed by atoms with Gasteiger partial charge in [-0.3, -0.25) is 4.79 Å². The molecule has 3 aromatic rings. The third-order valence-corrected chi connectivity index (χ3v) is 6.72. The van der Waals surface area contributed by atoms with Gasteiger partial charge in [0.2, 0.25) is 0 Å². The summed E-state index contributed by atoms with van der Waals surface area (Å²) in [5, 5.41) is 14.9. The van der Waals surface area contributed by atoms with E-state index in [9.17, 15) is 9.59 Å². The Labute approximate surface area is 234 Å². The van der Waals surface area contributed by atoms with Gasteiger partial charge in [0, 0.05) is 47.7 Å². The predicted molar refractivity (Wildman–Crippen MR) is 154 cm³/mol. The summed E-state index contributed by atoms with van der Waals surface area (Å²) in [4.78, 5) is 30.3. The summed E-state index contributed by atoms with van der Waals surface area (Å²) in [6.07, 6.45) is 1.09. The number of nitrogens with two attached hydrogens (primary N) is 1. The average molecular weight is 546 g/mol. The number of rotatable bonds is 9. The lowest BCUT2D eigenvalue weighted by Gasteiger charge is -2.23. The highest BCUT2D eigenvalue weighted by Crippen LogP contribution is 2.24. The Morgan fingerprint density at radius 3 is 2.50 bits per heavy atom. The molecule has 10 nitrogen and oxygen atoms in total. The molecule has 0 radical (unpaired) electrons. The van der Waals surface area contributed by atoms with Gasteiger partial charge < -0.3 is 35.5 Å². The SMILES string of the molecule is CCOC(=O)c1ccc(COc2cccc(/C(N)=N/O)c2)c(NC(=O)c2ccc(N3CCCN(C)CC3)cc2)c1. The molecule has 4 rings (SSSR count). The lowest BCUT2D eigenvalue weighted by atomic mass is 10.1. The van der Waals surface area contributed by atoms with E-state index in [-0.39, 0.29) is 25.0 Å².